The third kappa shape index (κ3) is 2.50. The van der Waals surface area contributed by atoms with Gasteiger partial charge in [-0.3, -0.25) is 9.59 Å². The van der Waals surface area contributed by atoms with Crippen molar-refractivity contribution in [3.05, 3.63) is 32.7 Å². The van der Waals surface area contributed by atoms with Gasteiger partial charge in [0, 0.05) is 16.3 Å². The maximum absolute atomic E-state index is 11.1. The minimum Gasteiger partial charge on any atom is -0.383 e. The first-order valence-corrected chi connectivity index (χ1v) is 5.95. The van der Waals surface area contributed by atoms with Crippen LogP contribution in [0.5, 0.6) is 0 Å². The van der Waals surface area contributed by atoms with Gasteiger partial charge < -0.3 is 10.7 Å². The summed E-state index contributed by atoms with van der Waals surface area (Å²) < 4.78 is 0. The van der Waals surface area contributed by atoms with Crippen LogP contribution in [-0.4, -0.2) is 16.3 Å². The van der Waals surface area contributed by atoms with E-state index in [2.05, 4.69) is 9.97 Å². The highest BCUT2D eigenvalue weighted by Crippen LogP contribution is 2.28. The van der Waals surface area contributed by atoms with E-state index in [0.29, 0.717) is 10.0 Å². The van der Waals surface area contributed by atoms with Crippen molar-refractivity contribution in [2.24, 2.45) is 0 Å². The van der Waals surface area contributed by atoms with Crippen molar-refractivity contribution in [3.63, 3.8) is 0 Å². The topological polar surface area (TPSA) is 88.8 Å². The molecule has 7 heteroatoms. The first-order chi connectivity index (χ1) is 7.67. The van der Waals surface area contributed by atoms with Gasteiger partial charge in [0.25, 0.3) is 5.56 Å². The van der Waals surface area contributed by atoms with Gasteiger partial charge in [-0.2, -0.15) is 0 Å². The molecule has 0 unspecified atom stereocenters. The number of nitrogens with one attached hydrogen (secondary N) is 1. The minimum absolute atomic E-state index is 0.178. The molecule has 2 heterocycles. The molecule has 0 atom stereocenters. The van der Waals surface area contributed by atoms with Gasteiger partial charge in [-0.1, -0.05) is 11.8 Å². The van der Waals surface area contributed by atoms with Gasteiger partial charge in [0.1, 0.15) is 5.82 Å². The number of nitrogens with zero attached hydrogens (tertiary/aromatic N) is 1. The fourth-order valence-corrected chi connectivity index (χ4v) is 2.76. The minimum atomic E-state index is -0.291. The maximum Gasteiger partial charge on any atom is 0.253 e. The molecule has 2 aromatic heterocycles. The fourth-order valence-electron chi connectivity index (χ4n) is 1.06. The second-order valence-corrected chi connectivity index (χ2v) is 4.89. The van der Waals surface area contributed by atoms with E-state index in [-0.39, 0.29) is 11.4 Å². The molecular weight excluding hydrogens is 246 g/mol. The summed E-state index contributed by atoms with van der Waals surface area (Å²) in [5.74, 6) is 0.178. The molecule has 2 rings (SSSR count). The molecule has 0 aliphatic carbocycles. The van der Waals surface area contributed by atoms with Crippen molar-refractivity contribution >= 4 is 35.2 Å². The number of hydrogen-bond acceptors (Lipinski definition) is 6. The fraction of sp³-hybridized carbons (Fsp3) is 0. The molecule has 0 spiro atoms. The highest BCUT2D eigenvalue weighted by Gasteiger charge is 2.04. The Morgan fingerprint density at radius 2 is 2.31 bits per heavy atom. The number of nitrogen functional groups attached to an aromatic ring is 1. The Bertz CT molecular complexity index is 576. The molecule has 5 nitrogen and oxygen atoms in total. The van der Waals surface area contributed by atoms with Gasteiger partial charge in [-0.05, 0) is 6.07 Å². The number of carbonyl (C=O) groups is 1. The summed E-state index contributed by atoms with van der Waals surface area (Å²) in [6.45, 7) is 0. The van der Waals surface area contributed by atoms with Gasteiger partial charge in [0.2, 0.25) is 0 Å². The van der Waals surface area contributed by atoms with Crippen LogP contribution < -0.4 is 11.3 Å². The van der Waals surface area contributed by atoms with E-state index in [4.69, 9.17) is 5.73 Å². The van der Waals surface area contributed by atoms with Gasteiger partial charge in [0.15, 0.2) is 11.4 Å². The lowest BCUT2D eigenvalue weighted by Gasteiger charge is -1.98. The molecular formula is C9H7N3O2S2. The maximum atomic E-state index is 11.1. The molecule has 0 saturated heterocycles. The highest BCUT2D eigenvalue weighted by atomic mass is 32.2. The number of thiophene rings is 1. The number of H-pyrrole nitrogens is 1. The molecule has 0 aliphatic rings. The number of aromatic amines is 1. The highest BCUT2D eigenvalue weighted by molar-refractivity contribution is 7.99. The van der Waals surface area contributed by atoms with Crippen molar-refractivity contribution < 1.29 is 4.79 Å². The largest absolute Gasteiger partial charge is 0.383 e. The molecule has 0 bridgehead atoms. The van der Waals surface area contributed by atoms with Crippen LogP contribution in [0.25, 0.3) is 0 Å². The zero-order valence-corrected chi connectivity index (χ0v) is 9.60. The summed E-state index contributed by atoms with van der Waals surface area (Å²) in [4.78, 5) is 29.6. The van der Waals surface area contributed by atoms with Crippen LogP contribution in [0.4, 0.5) is 5.82 Å². The molecule has 2 aromatic rings. The molecule has 0 aliphatic heterocycles. The van der Waals surface area contributed by atoms with E-state index in [1.807, 2.05) is 5.38 Å². The van der Waals surface area contributed by atoms with Crippen LogP contribution in [-0.2, 0) is 0 Å². The average molecular weight is 253 g/mol. The van der Waals surface area contributed by atoms with E-state index in [1.165, 1.54) is 29.2 Å². The summed E-state index contributed by atoms with van der Waals surface area (Å²) in [5.41, 5.74) is 5.16. The van der Waals surface area contributed by atoms with E-state index in [9.17, 15) is 9.59 Å². The second-order valence-electron chi connectivity index (χ2n) is 2.88. The van der Waals surface area contributed by atoms with Crippen LogP contribution in [0.3, 0.4) is 0 Å². The monoisotopic (exact) mass is 253 g/mol. The van der Waals surface area contributed by atoms with Gasteiger partial charge >= 0.3 is 0 Å². The predicted molar refractivity (Wildman–Crippen MR) is 63.1 cm³/mol. The number of rotatable bonds is 3. The van der Waals surface area contributed by atoms with Gasteiger partial charge in [-0.25, -0.2) is 4.98 Å². The van der Waals surface area contributed by atoms with Crippen LogP contribution in [0.1, 0.15) is 9.67 Å². The molecule has 3 N–H and O–H groups in total. The zero-order chi connectivity index (χ0) is 11.5. The number of aromatic nitrogens is 2. The summed E-state index contributed by atoms with van der Waals surface area (Å²) in [6.07, 6.45) is 0.782. The lowest BCUT2D eigenvalue weighted by atomic mass is 10.5. The lowest BCUT2D eigenvalue weighted by Crippen LogP contribution is -2.09. The van der Waals surface area contributed by atoms with E-state index >= 15 is 0 Å². The Morgan fingerprint density at radius 3 is 2.94 bits per heavy atom. The van der Waals surface area contributed by atoms with E-state index < -0.39 is 0 Å². The summed E-state index contributed by atoms with van der Waals surface area (Å²) in [5, 5.41) is 2.23. The van der Waals surface area contributed by atoms with Crippen LogP contribution in [0.2, 0.25) is 0 Å². The number of hydrogen-bond donors (Lipinski definition) is 2. The third-order valence-electron chi connectivity index (χ3n) is 1.67. The van der Waals surface area contributed by atoms with Gasteiger partial charge in [-0.15, -0.1) is 11.3 Å². The van der Waals surface area contributed by atoms with Crippen molar-refractivity contribution in [1.29, 1.82) is 0 Å². The van der Waals surface area contributed by atoms with E-state index in [1.54, 1.807) is 6.07 Å². The second kappa shape index (κ2) is 4.50. The number of anilines is 1. The molecule has 0 amide bonds. The summed E-state index contributed by atoms with van der Waals surface area (Å²) in [6, 6.07) is 2.94. The molecule has 16 heavy (non-hydrogen) atoms. The predicted octanol–water partition coefficient (Wildman–Crippen LogP) is 1.38. The molecule has 0 saturated carbocycles. The van der Waals surface area contributed by atoms with Crippen molar-refractivity contribution in [1.82, 2.24) is 9.97 Å². The molecule has 0 aromatic carbocycles. The first-order valence-electron chi connectivity index (χ1n) is 4.26. The standard InChI is InChI=1S/C9H7N3O2S2/c10-7-2-8(14)12-9(11-7)16-6-1-5(3-13)15-4-6/h1-4H,(H3,10,11,12,14). The Kier molecular flexibility index (Phi) is 3.07. The Balaban J connectivity index is 2.26. The van der Waals surface area contributed by atoms with Gasteiger partial charge in [0.05, 0.1) is 4.88 Å². The Hall–Kier alpha value is -1.60. The third-order valence-corrected chi connectivity index (χ3v) is 3.53. The molecule has 0 fully saturated rings. The lowest BCUT2D eigenvalue weighted by molar-refractivity contribution is 0.112. The summed E-state index contributed by atoms with van der Waals surface area (Å²) in [7, 11) is 0. The first kappa shape index (κ1) is 10.9. The SMILES string of the molecule is Nc1cc(=O)[nH]c(Sc2csc(C=O)c2)n1. The summed E-state index contributed by atoms with van der Waals surface area (Å²) >= 11 is 2.59. The number of aldehydes is 1. The normalized spacial score (nSPS) is 10.2. The van der Waals surface area contributed by atoms with Crippen molar-refractivity contribution in [2.45, 2.75) is 10.1 Å². The quantitative estimate of drug-likeness (QED) is 0.637. The zero-order valence-electron chi connectivity index (χ0n) is 7.97. The van der Waals surface area contributed by atoms with Crippen molar-refractivity contribution in [2.75, 3.05) is 5.73 Å². The average Bonchev–Trinajstić information content (AvgIpc) is 2.64. The van der Waals surface area contributed by atoms with Crippen LogP contribution in [0, 0.1) is 0 Å². The van der Waals surface area contributed by atoms with Crippen LogP contribution in [0.15, 0.2) is 32.4 Å². The van der Waals surface area contributed by atoms with E-state index in [0.717, 1.165) is 11.2 Å². The Morgan fingerprint density at radius 1 is 1.50 bits per heavy atom. The molecule has 82 valence electrons. The smallest absolute Gasteiger partial charge is 0.253 e. The Labute approximate surface area is 98.7 Å². The molecule has 0 radical (unpaired) electrons. The van der Waals surface area contributed by atoms with Crippen molar-refractivity contribution in [3.8, 4) is 0 Å². The number of nitrogens with two attached hydrogens (primary N) is 1. The van der Waals surface area contributed by atoms with Crippen LogP contribution >= 0.6 is 23.1 Å². The number of carbonyl (C=O) groups excluding carboxylic acids is 1.